The summed E-state index contributed by atoms with van der Waals surface area (Å²) >= 11 is 0. The van der Waals surface area contributed by atoms with E-state index in [0.717, 1.165) is 49.7 Å². The van der Waals surface area contributed by atoms with Crippen molar-refractivity contribution in [1.82, 2.24) is 24.1 Å². The molecule has 5 heteroatoms. The normalized spacial score (nSPS) is 11.6. The van der Waals surface area contributed by atoms with Crippen LogP contribution < -0.4 is 0 Å². The molecule has 0 bridgehead atoms. The monoisotopic (exact) mass is 639 g/mol. The minimum Gasteiger partial charge on any atom is -0.309 e. The van der Waals surface area contributed by atoms with Crippen molar-refractivity contribution in [3.8, 4) is 45.5 Å². The quantitative estimate of drug-likeness (QED) is 0.188. The van der Waals surface area contributed by atoms with Crippen molar-refractivity contribution in [2.45, 2.75) is 0 Å². The van der Waals surface area contributed by atoms with Gasteiger partial charge in [0, 0.05) is 38.4 Å². The highest BCUT2D eigenvalue weighted by Gasteiger charge is 2.20. The molecular formula is C45H29N5. The number of hydrogen-bond acceptors (Lipinski definition) is 3. The average Bonchev–Trinajstić information content (AvgIpc) is 3.71. The van der Waals surface area contributed by atoms with Gasteiger partial charge in [0.1, 0.15) is 0 Å². The summed E-state index contributed by atoms with van der Waals surface area (Å²) < 4.78 is 4.58. The Kier molecular flexibility index (Phi) is 6.42. The van der Waals surface area contributed by atoms with Crippen LogP contribution in [0, 0.1) is 0 Å². The molecule has 234 valence electrons. The van der Waals surface area contributed by atoms with Crippen LogP contribution in [-0.2, 0) is 0 Å². The summed E-state index contributed by atoms with van der Waals surface area (Å²) in [5.41, 5.74) is 9.62. The smallest absolute Gasteiger partial charge is 0.238 e. The summed E-state index contributed by atoms with van der Waals surface area (Å²) in [6.45, 7) is 0. The first-order chi connectivity index (χ1) is 24.8. The lowest BCUT2D eigenvalue weighted by atomic mass is 10.0. The first-order valence-electron chi connectivity index (χ1n) is 16.8. The molecule has 0 N–H and O–H groups in total. The van der Waals surface area contributed by atoms with Crippen molar-refractivity contribution < 1.29 is 0 Å². The minimum absolute atomic E-state index is 0.572. The lowest BCUT2D eigenvalue weighted by Gasteiger charge is -2.12. The maximum atomic E-state index is 5.20. The highest BCUT2D eigenvalue weighted by Crippen LogP contribution is 2.38. The molecule has 0 atom stereocenters. The molecule has 50 heavy (non-hydrogen) atoms. The lowest BCUT2D eigenvalue weighted by Crippen LogP contribution is -2.06. The zero-order chi connectivity index (χ0) is 33.0. The van der Waals surface area contributed by atoms with Gasteiger partial charge in [0.05, 0.1) is 22.1 Å². The molecule has 0 aliphatic heterocycles. The van der Waals surface area contributed by atoms with Crippen molar-refractivity contribution in [1.29, 1.82) is 0 Å². The van der Waals surface area contributed by atoms with Crippen molar-refractivity contribution in [2.75, 3.05) is 0 Å². The number of para-hydroxylation sites is 2. The summed E-state index contributed by atoms with van der Waals surface area (Å²) in [5.74, 6) is 1.83. The zero-order valence-corrected chi connectivity index (χ0v) is 27.0. The van der Waals surface area contributed by atoms with Crippen LogP contribution in [0.5, 0.6) is 0 Å². The zero-order valence-electron chi connectivity index (χ0n) is 27.0. The van der Waals surface area contributed by atoms with E-state index in [9.17, 15) is 0 Å². The molecule has 0 amide bonds. The SMILES string of the molecule is c1ccc(-c2ccc3c4ccc(-n5c6ccccc6c6ccccc65)cc4n(-c4nc(-c5ccccc5)nc(-c5ccccc5)n4)c3c2)cc1. The summed E-state index contributed by atoms with van der Waals surface area (Å²) in [4.78, 5) is 15.4. The largest absolute Gasteiger partial charge is 0.309 e. The first kappa shape index (κ1) is 28.2. The molecule has 5 nitrogen and oxygen atoms in total. The third kappa shape index (κ3) is 4.52. The minimum atomic E-state index is 0.572. The van der Waals surface area contributed by atoms with E-state index in [1.165, 1.54) is 21.8 Å². The van der Waals surface area contributed by atoms with Gasteiger partial charge in [0.15, 0.2) is 11.6 Å². The van der Waals surface area contributed by atoms with Gasteiger partial charge in [-0.25, -0.2) is 4.98 Å². The van der Waals surface area contributed by atoms with Crippen molar-refractivity contribution >= 4 is 43.6 Å². The van der Waals surface area contributed by atoms with Crippen molar-refractivity contribution in [2.24, 2.45) is 0 Å². The maximum Gasteiger partial charge on any atom is 0.238 e. The van der Waals surface area contributed by atoms with E-state index in [-0.39, 0.29) is 0 Å². The standard InChI is InChI=1S/C45H29N5/c1-4-14-30(15-5-1)33-24-26-37-38-27-25-34(49-39-22-12-10-20-35(39)36-21-11-13-23-40(36)49)29-42(38)50(41(37)28-33)45-47-43(31-16-6-2-7-17-31)46-44(48-45)32-18-8-3-9-19-32/h1-29H. The number of hydrogen-bond donors (Lipinski definition) is 0. The molecule has 3 heterocycles. The fourth-order valence-corrected chi connectivity index (χ4v) is 7.27. The van der Waals surface area contributed by atoms with Crippen LogP contribution >= 0.6 is 0 Å². The molecule has 10 aromatic rings. The van der Waals surface area contributed by atoms with Crippen LogP contribution in [-0.4, -0.2) is 24.1 Å². The lowest BCUT2D eigenvalue weighted by molar-refractivity contribution is 0.953. The van der Waals surface area contributed by atoms with Crippen LogP contribution in [0.25, 0.3) is 89.2 Å². The van der Waals surface area contributed by atoms with Gasteiger partial charge in [-0.15, -0.1) is 0 Å². The van der Waals surface area contributed by atoms with Gasteiger partial charge in [0.25, 0.3) is 0 Å². The molecule has 0 fully saturated rings. The molecule has 0 saturated heterocycles. The molecule has 0 spiro atoms. The number of fused-ring (bicyclic) bond motifs is 6. The van der Waals surface area contributed by atoms with E-state index in [4.69, 9.17) is 15.0 Å². The Labute approximate surface area is 288 Å². The predicted octanol–water partition coefficient (Wildman–Crippen LogP) is 11.1. The molecule has 10 rings (SSSR count). The van der Waals surface area contributed by atoms with Crippen LogP contribution in [0.2, 0.25) is 0 Å². The van der Waals surface area contributed by atoms with E-state index in [2.05, 4.69) is 124 Å². The Balaban J connectivity index is 1.31. The number of aromatic nitrogens is 5. The fraction of sp³-hybridized carbons (Fsp3) is 0. The topological polar surface area (TPSA) is 48.5 Å². The Hall–Kier alpha value is -6.85. The maximum absolute atomic E-state index is 5.20. The van der Waals surface area contributed by atoms with E-state index >= 15 is 0 Å². The summed E-state index contributed by atoms with van der Waals surface area (Å²) in [6.07, 6.45) is 0. The second-order valence-electron chi connectivity index (χ2n) is 12.5. The molecule has 0 unspecified atom stereocenters. The van der Waals surface area contributed by atoms with E-state index in [1.54, 1.807) is 0 Å². The van der Waals surface area contributed by atoms with Crippen molar-refractivity contribution in [3.63, 3.8) is 0 Å². The number of benzene rings is 7. The van der Waals surface area contributed by atoms with Gasteiger partial charge in [-0.1, -0.05) is 146 Å². The summed E-state index contributed by atoms with van der Waals surface area (Å²) in [7, 11) is 0. The summed E-state index contributed by atoms with van der Waals surface area (Å²) in [5, 5.41) is 4.73. The van der Waals surface area contributed by atoms with Gasteiger partial charge in [-0.3, -0.25) is 4.57 Å². The summed E-state index contributed by atoms with van der Waals surface area (Å²) in [6, 6.07) is 61.5. The van der Waals surface area contributed by atoms with Crippen LogP contribution in [0.3, 0.4) is 0 Å². The highest BCUT2D eigenvalue weighted by molar-refractivity contribution is 6.12. The van der Waals surface area contributed by atoms with Gasteiger partial charge in [0.2, 0.25) is 5.95 Å². The Morgan fingerprint density at radius 1 is 0.300 bits per heavy atom. The molecule has 3 aromatic heterocycles. The van der Waals surface area contributed by atoms with Crippen LogP contribution in [0.1, 0.15) is 0 Å². The number of rotatable bonds is 5. The Morgan fingerprint density at radius 2 is 0.760 bits per heavy atom. The van der Waals surface area contributed by atoms with Crippen LogP contribution in [0.15, 0.2) is 176 Å². The van der Waals surface area contributed by atoms with Gasteiger partial charge >= 0.3 is 0 Å². The first-order valence-corrected chi connectivity index (χ1v) is 16.8. The third-order valence-corrected chi connectivity index (χ3v) is 9.58. The van der Waals surface area contributed by atoms with Crippen molar-refractivity contribution in [3.05, 3.63) is 176 Å². The highest BCUT2D eigenvalue weighted by atomic mass is 15.2. The van der Waals surface area contributed by atoms with E-state index in [0.29, 0.717) is 17.6 Å². The number of nitrogens with zero attached hydrogens (tertiary/aromatic N) is 5. The molecular weight excluding hydrogens is 611 g/mol. The van der Waals surface area contributed by atoms with E-state index in [1.807, 2.05) is 60.7 Å². The second kappa shape index (κ2) is 11.4. The molecule has 7 aromatic carbocycles. The van der Waals surface area contributed by atoms with Crippen LogP contribution in [0.4, 0.5) is 0 Å². The molecule has 0 aliphatic carbocycles. The molecule has 0 radical (unpaired) electrons. The van der Waals surface area contributed by atoms with Gasteiger partial charge in [-0.05, 0) is 41.5 Å². The second-order valence-corrected chi connectivity index (χ2v) is 12.5. The Morgan fingerprint density at radius 3 is 1.34 bits per heavy atom. The molecule has 0 aliphatic rings. The van der Waals surface area contributed by atoms with Gasteiger partial charge < -0.3 is 4.57 Å². The predicted molar refractivity (Wildman–Crippen MR) is 205 cm³/mol. The molecule has 0 saturated carbocycles. The average molecular weight is 640 g/mol. The Bertz CT molecular complexity index is 2740. The third-order valence-electron chi connectivity index (χ3n) is 9.58. The van der Waals surface area contributed by atoms with Gasteiger partial charge in [-0.2, -0.15) is 9.97 Å². The van der Waals surface area contributed by atoms with E-state index < -0.39 is 0 Å². The fourth-order valence-electron chi connectivity index (χ4n) is 7.27.